The minimum Gasteiger partial charge on any atom is -0.345 e. The van der Waals surface area contributed by atoms with Gasteiger partial charge in [-0.1, -0.05) is 6.07 Å². The van der Waals surface area contributed by atoms with E-state index in [2.05, 4.69) is 21.4 Å². The van der Waals surface area contributed by atoms with Gasteiger partial charge in [0.25, 0.3) is 0 Å². The Hall–Kier alpha value is -2.41. The van der Waals surface area contributed by atoms with Crippen LogP contribution in [0, 0.1) is 11.3 Å². The molecule has 4 nitrogen and oxygen atoms in total. The van der Waals surface area contributed by atoms with Crippen molar-refractivity contribution in [2.75, 3.05) is 0 Å². The molecule has 0 saturated carbocycles. The average molecular weight is 196 g/mol. The normalized spacial score (nSPS) is 16.7. The zero-order valence-electron chi connectivity index (χ0n) is 7.88. The lowest BCUT2D eigenvalue weighted by atomic mass is 10.1. The Kier molecular flexibility index (Phi) is 2.56. The summed E-state index contributed by atoms with van der Waals surface area (Å²) in [5.41, 5.74) is 1.88. The fourth-order valence-corrected chi connectivity index (χ4v) is 1.24. The molecule has 0 bridgehead atoms. The summed E-state index contributed by atoms with van der Waals surface area (Å²) in [6.45, 7) is 0. The van der Waals surface area contributed by atoms with Gasteiger partial charge >= 0.3 is 0 Å². The summed E-state index contributed by atoms with van der Waals surface area (Å²) in [6.07, 6.45) is 6.57. The Balaban J connectivity index is 2.46. The van der Waals surface area contributed by atoms with Gasteiger partial charge in [-0.3, -0.25) is 4.98 Å². The Labute approximate surface area is 87.3 Å². The van der Waals surface area contributed by atoms with Crippen molar-refractivity contribution in [2.45, 2.75) is 0 Å². The molecule has 0 unspecified atom stereocenters. The highest BCUT2D eigenvalue weighted by molar-refractivity contribution is 5.81. The number of aromatic nitrogens is 1. The molecule has 2 rings (SSSR count). The van der Waals surface area contributed by atoms with E-state index in [-0.39, 0.29) is 0 Å². The molecule has 72 valence electrons. The molecule has 15 heavy (non-hydrogen) atoms. The van der Waals surface area contributed by atoms with E-state index in [1.54, 1.807) is 24.5 Å². The molecule has 0 fully saturated rings. The quantitative estimate of drug-likeness (QED) is 0.692. The fourth-order valence-electron chi connectivity index (χ4n) is 1.24. The second-order valence-corrected chi connectivity index (χ2v) is 2.85. The average Bonchev–Trinajstić information content (AvgIpc) is 2.33. The van der Waals surface area contributed by atoms with Crippen LogP contribution >= 0.6 is 0 Å². The molecule has 0 amide bonds. The van der Waals surface area contributed by atoms with Crippen LogP contribution in [0.1, 0.15) is 5.69 Å². The van der Waals surface area contributed by atoms with Gasteiger partial charge in [-0.2, -0.15) is 5.26 Å². The maximum Gasteiger partial charge on any atom is 0.104 e. The lowest BCUT2D eigenvalue weighted by molar-refractivity contribution is 1.16. The Bertz CT molecular complexity index is 477. The second-order valence-electron chi connectivity index (χ2n) is 2.85. The highest BCUT2D eigenvalue weighted by Crippen LogP contribution is 2.15. The summed E-state index contributed by atoms with van der Waals surface area (Å²) in [4.78, 5) is 7.98. The highest BCUT2D eigenvalue weighted by atomic mass is 15.0. The van der Waals surface area contributed by atoms with Gasteiger partial charge in [0, 0.05) is 12.4 Å². The Morgan fingerprint density at radius 1 is 1.40 bits per heavy atom. The predicted octanol–water partition coefficient (Wildman–Crippen LogP) is 1.46. The molecule has 2 heterocycles. The second kappa shape index (κ2) is 4.20. The fraction of sp³-hybridized carbons (Fsp3) is 0. The van der Waals surface area contributed by atoms with Gasteiger partial charge in [0.15, 0.2) is 0 Å². The first-order chi connectivity index (χ1) is 7.42. The third-order valence-corrected chi connectivity index (χ3v) is 1.92. The van der Waals surface area contributed by atoms with Gasteiger partial charge in [0.2, 0.25) is 0 Å². The van der Waals surface area contributed by atoms with Gasteiger partial charge < -0.3 is 5.32 Å². The third kappa shape index (κ3) is 1.92. The van der Waals surface area contributed by atoms with Crippen molar-refractivity contribution in [3.63, 3.8) is 0 Å². The summed E-state index contributed by atoms with van der Waals surface area (Å²) >= 11 is 0. The van der Waals surface area contributed by atoms with Crippen LogP contribution in [0.25, 0.3) is 5.57 Å². The van der Waals surface area contributed by atoms with Crippen LogP contribution in [0.15, 0.2) is 47.4 Å². The monoisotopic (exact) mass is 196 g/mol. The van der Waals surface area contributed by atoms with E-state index in [9.17, 15) is 0 Å². The minimum absolute atomic E-state index is 0.512. The lowest BCUT2D eigenvalue weighted by Crippen LogP contribution is -2.13. The van der Waals surface area contributed by atoms with Crippen LogP contribution in [0.3, 0.4) is 0 Å². The summed E-state index contributed by atoms with van der Waals surface area (Å²) < 4.78 is 0. The molecule has 1 N–H and O–H groups in total. The molecule has 0 aromatic carbocycles. The SMILES string of the molecule is N#CC(=C1C=CN=CN1)c1ccccn1. The number of pyridine rings is 1. The van der Waals surface area contributed by atoms with E-state index in [1.165, 1.54) is 6.34 Å². The zero-order valence-corrected chi connectivity index (χ0v) is 7.88. The predicted molar refractivity (Wildman–Crippen MR) is 57.5 cm³/mol. The van der Waals surface area contributed by atoms with Crippen LogP contribution in [-0.4, -0.2) is 11.3 Å². The molecular formula is C11H8N4. The molecule has 1 aromatic heterocycles. The van der Waals surface area contributed by atoms with Gasteiger partial charge in [0.1, 0.15) is 11.6 Å². The van der Waals surface area contributed by atoms with Crippen LogP contribution < -0.4 is 5.32 Å². The van der Waals surface area contributed by atoms with Crippen molar-refractivity contribution in [1.82, 2.24) is 10.3 Å². The number of allylic oxidation sites excluding steroid dienone is 2. The minimum atomic E-state index is 0.512. The maximum atomic E-state index is 9.07. The van der Waals surface area contributed by atoms with E-state index in [0.717, 1.165) is 0 Å². The number of rotatable bonds is 1. The molecule has 0 aliphatic carbocycles. The van der Waals surface area contributed by atoms with E-state index in [1.807, 2.05) is 12.1 Å². The molecule has 0 spiro atoms. The molecule has 0 saturated heterocycles. The summed E-state index contributed by atoms with van der Waals surface area (Å²) in [5.74, 6) is 0. The van der Waals surface area contributed by atoms with Crippen molar-refractivity contribution in [3.8, 4) is 6.07 Å². The number of hydrogen-bond acceptors (Lipinski definition) is 4. The van der Waals surface area contributed by atoms with Crippen LogP contribution in [-0.2, 0) is 0 Å². The highest BCUT2D eigenvalue weighted by Gasteiger charge is 2.07. The summed E-state index contributed by atoms with van der Waals surface area (Å²) in [5, 5.41) is 12.0. The Morgan fingerprint density at radius 3 is 2.93 bits per heavy atom. The molecule has 1 aromatic rings. The van der Waals surface area contributed by atoms with E-state index in [4.69, 9.17) is 5.26 Å². The topological polar surface area (TPSA) is 61.1 Å². The van der Waals surface area contributed by atoms with Gasteiger partial charge in [-0.25, -0.2) is 4.99 Å². The van der Waals surface area contributed by atoms with Gasteiger partial charge in [0.05, 0.1) is 17.7 Å². The first kappa shape index (κ1) is 9.16. The number of nitrogens with one attached hydrogen (secondary N) is 1. The molecule has 0 radical (unpaired) electrons. The van der Waals surface area contributed by atoms with Crippen LogP contribution in [0.5, 0.6) is 0 Å². The van der Waals surface area contributed by atoms with Gasteiger partial charge in [-0.15, -0.1) is 0 Å². The van der Waals surface area contributed by atoms with E-state index >= 15 is 0 Å². The van der Waals surface area contributed by atoms with Crippen molar-refractivity contribution in [2.24, 2.45) is 4.99 Å². The smallest absolute Gasteiger partial charge is 0.104 e. The van der Waals surface area contributed by atoms with Crippen molar-refractivity contribution < 1.29 is 0 Å². The summed E-state index contributed by atoms with van der Waals surface area (Å²) in [7, 11) is 0. The number of aliphatic imine (C=N–C) groups is 1. The standard InChI is InChI=1S/C11H8N4/c12-7-9(10-3-1-2-5-14-10)11-4-6-13-8-15-11/h1-6,8H,(H,13,15). The van der Waals surface area contributed by atoms with E-state index in [0.29, 0.717) is 17.0 Å². The molecule has 1 aliphatic heterocycles. The van der Waals surface area contributed by atoms with E-state index < -0.39 is 0 Å². The number of hydrogen-bond donors (Lipinski definition) is 1. The number of nitriles is 1. The molecule has 1 aliphatic rings. The first-order valence-electron chi connectivity index (χ1n) is 4.42. The third-order valence-electron chi connectivity index (χ3n) is 1.92. The van der Waals surface area contributed by atoms with Crippen molar-refractivity contribution in [3.05, 3.63) is 48.1 Å². The van der Waals surface area contributed by atoms with Crippen LogP contribution in [0.2, 0.25) is 0 Å². The molecular weight excluding hydrogens is 188 g/mol. The molecule has 4 heteroatoms. The number of nitrogens with zero attached hydrogens (tertiary/aromatic N) is 3. The largest absolute Gasteiger partial charge is 0.345 e. The Morgan fingerprint density at radius 2 is 2.33 bits per heavy atom. The zero-order chi connectivity index (χ0) is 10.5. The van der Waals surface area contributed by atoms with Crippen molar-refractivity contribution in [1.29, 1.82) is 5.26 Å². The first-order valence-corrected chi connectivity index (χ1v) is 4.42. The summed E-state index contributed by atoms with van der Waals surface area (Å²) in [6, 6.07) is 7.59. The van der Waals surface area contributed by atoms with Crippen molar-refractivity contribution >= 4 is 11.9 Å². The van der Waals surface area contributed by atoms with Gasteiger partial charge in [-0.05, 0) is 18.2 Å². The maximum absolute atomic E-state index is 9.07. The lowest BCUT2D eigenvalue weighted by Gasteiger charge is -2.07. The van der Waals surface area contributed by atoms with Crippen LogP contribution in [0.4, 0.5) is 0 Å². The molecule has 0 atom stereocenters.